The van der Waals surface area contributed by atoms with E-state index in [4.69, 9.17) is 0 Å². The number of aromatic hydroxyl groups is 1. The Balaban J connectivity index is 1.70. The minimum absolute atomic E-state index is 0.0307. The molecule has 2 bridgehead atoms. The van der Waals surface area contributed by atoms with Crippen LogP contribution in [0.3, 0.4) is 0 Å². The Hall–Kier alpha value is -2.09. The molecule has 3 unspecified atom stereocenters. The highest BCUT2D eigenvalue weighted by atomic mass is 16.3. The fourth-order valence-corrected chi connectivity index (χ4v) is 4.03. The summed E-state index contributed by atoms with van der Waals surface area (Å²) in [4.78, 5) is 12.7. The first-order chi connectivity index (χ1) is 9.75. The summed E-state index contributed by atoms with van der Waals surface area (Å²) in [6.45, 7) is 0. The molecule has 1 saturated carbocycles. The summed E-state index contributed by atoms with van der Waals surface area (Å²) in [5.41, 5.74) is 3.25. The molecule has 3 atom stereocenters. The number of Topliss-reactive ketones (excluding diaryl/α,β-unsaturated/α-hetero) is 1. The maximum Gasteiger partial charge on any atom is 0.170 e. The van der Waals surface area contributed by atoms with Crippen molar-refractivity contribution < 1.29 is 9.90 Å². The largest absolute Gasteiger partial charge is 0.507 e. The van der Waals surface area contributed by atoms with Gasteiger partial charge in [0.15, 0.2) is 5.78 Å². The zero-order valence-electron chi connectivity index (χ0n) is 11.1. The van der Waals surface area contributed by atoms with Crippen LogP contribution in [0, 0.1) is 5.92 Å². The summed E-state index contributed by atoms with van der Waals surface area (Å²) >= 11 is 0. The number of hydrogen-bond acceptors (Lipinski definition) is 2. The zero-order valence-corrected chi connectivity index (χ0v) is 11.1. The van der Waals surface area contributed by atoms with E-state index in [0.717, 1.165) is 12.8 Å². The molecule has 0 radical (unpaired) electrons. The number of benzene rings is 2. The third-order valence-corrected chi connectivity index (χ3v) is 4.90. The topological polar surface area (TPSA) is 37.3 Å². The number of carbonyl (C=O) groups excluding carboxylic acids is 1. The van der Waals surface area contributed by atoms with Crippen molar-refractivity contribution in [2.45, 2.75) is 24.7 Å². The number of rotatable bonds is 2. The van der Waals surface area contributed by atoms with Gasteiger partial charge in [-0.15, -0.1) is 0 Å². The minimum atomic E-state index is 0.0307. The molecule has 2 aromatic carbocycles. The summed E-state index contributed by atoms with van der Waals surface area (Å²) in [5, 5.41) is 9.89. The molecule has 0 amide bonds. The molecule has 0 aliphatic heterocycles. The number of fused-ring (bicyclic) bond motifs is 5. The highest BCUT2D eigenvalue weighted by Crippen LogP contribution is 2.56. The third kappa shape index (κ3) is 1.54. The molecule has 0 spiro atoms. The second kappa shape index (κ2) is 4.20. The Labute approximate surface area is 118 Å². The van der Waals surface area contributed by atoms with Crippen LogP contribution < -0.4 is 0 Å². The van der Waals surface area contributed by atoms with Crippen molar-refractivity contribution in [2.24, 2.45) is 5.92 Å². The lowest BCUT2D eigenvalue weighted by Crippen LogP contribution is -2.20. The van der Waals surface area contributed by atoms with Gasteiger partial charge in [-0.1, -0.05) is 36.4 Å². The van der Waals surface area contributed by atoms with Gasteiger partial charge in [-0.2, -0.15) is 0 Å². The maximum absolute atomic E-state index is 12.7. The van der Waals surface area contributed by atoms with E-state index in [0.29, 0.717) is 17.4 Å². The van der Waals surface area contributed by atoms with E-state index in [2.05, 4.69) is 24.3 Å². The van der Waals surface area contributed by atoms with Gasteiger partial charge in [0.1, 0.15) is 5.75 Å². The molecule has 20 heavy (non-hydrogen) atoms. The van der Waals surface area contributed by atoms with E-state index < -0.39 is 0 Å². The number of ketones is 1. The second-order valence-corrected chi connectivity index (χ2v) is 5.89. The number of carbonyl (C=O) groups is 1. The second-order valence-electron chi connectivity index (χ2n) is 5.89. The van der Waals surface area contributed by atoms with Crippen LogP contribution in [0.5, 0.6) is 5.75 Å². The van der Waals surface area contributed by atoms with E-state index in [1.807, 2.05) is 6.07 Å². The van der Waals surface area contributed by atoms with Crippen molar-refractivity contribution in [1.29, 1.82) is 0 Å². The fraction of sp³-hybridized carbons (Fsp3) is 0.278. The Morgan fingerprint density at radius 3 is 2.45 bits per heavy atom. The lowest BCUT2D eigenvalue weighted by Gasteiger charge is -2.23. The predicted molar refractivity (Wildman–Crippen MR) is 77.1 cm³/mol. The van der Waals surface area contributed by atoms with Gasteiger partial charge in [-0.25, -0.2) is 0 Å². The summed E-state index contributed by atoms with van der Waals surface area (Å²) < 4.78 is 0. The van der Waals surface area contributed by atoms with Gasteiger partial charge in [-0.05, 0) is 47.9 Å². The molecule has 2 heteroatoms. The van der Waals surface area contributed by atoms with E-state index >= 15 is 0 Å². The van der Waals surface area contributed by atoms with Crippen LogP contribution in [0.4, 0.5) is 0 Å². The SMILES string of the molecule is O=C(c1ccccc1O)C1CC2CC1c1ccccc12. The Morgan fingerprint density at radius 1 is 0.950 bits per heavy atom. The molecule has 1 N–H and O–H groups in total. The molecular weight excluding hydrogens is 248 g/mol. The molecule has 0 aromatic heterocycles. The highest BCUT2D eigenvalue weighted by molar-refractivity contribution is 6.01. The van der Waals surface area contributed by atoms with E-state index in [-0.39, 0.29) is 17.5 Å². The smallest absolute Gasteiger partial charge is 0.170 e. The number of para-hydroxylation sites is 1. The van der Waals surface area contributed by atoms with Crippen molar-refractivity contribution in [3.05, 3.63) is 65.2 Å². The molecule has 2 aromatic rings. The van der Waals surface area contributed by atoms with Crippen molar-refractivity contribution >= 4 is 5.78 Å². The number of phenols is 1. The number of phenolic OH excluding ortho intramolecular Hbond substituents is 1. The summed E-state index contributed by atoms with van der Waals surface area (Å²) in [5.74, 6) is 1.10. The average Bonchev–Trinajstić information content (AvgIpc) is 3.06. The highest BCUT2D eigenvalue weighted by Gasteiger charge is 2.46. The normalized spacial score (nSPS) is 26.5. The Kier molecular flexibility index (Phi) is 2.46. The lowest BCUT2D eigenvalue weighted by atomic mass is 9.79. The summed E-state index contributed by atoms with van der Waals surface area (Å²) in [7, 11) is 0. The van der Waals surface area contributed by atoms with Crippen LogP contribution in [0.1, 0.15) is 46.2 Å². The van der Waals surface area contributed by atoms with Gasteiger partial charge in [0.25, 0.3) is 0 Å². The molecule has 0 heterocycles. The molecule has 2 aliphatic carbocycles. The lowest BCUT2D eigenvalue weighted by molar-refractivity contribution is 0.0905. The molecule has 4 rings (SSSR count). The van der Waals surface area contributed by atoms with Gasteiger partial charge < -0.3 is 5.11 Å². The average molecular weight is 264 g/mol. The van der Waals surface area contributed by atoms with Gasteiger partial charge in [0.2, 0.25) is 0 Å². The van der Waals surface area contributed by atoms with Crippen LogP contribution in [0.15, 0.2) is 48.5 Å². The molecule has 2 aliphatic rings. The van der Waals surface area contributed by atoms with Gasteiger partial charge in [0, 0.05) is 5.92 Å². The van der Waals surface area contributed by atoms with Crippen LogP contribution in [0.25, 0.3) is 0 Å². The summed E-state index contributed by atoms with van der Waals surface area (Å²) in [6, 6.07) is 15.4. The van der Waals surface area contributed by atoms with Crippen molar-refractivity contribution in [3.63, 3.8) is 0 Å². The van der Waals surface area contributed by atoms with Gasteiger partial charge >= 0.3 is 0 Å². The Bertz CT molecular complexity index is 689. The monoisotopic (exact) mass is 264 g/mol. The van der Waals surface area contributed by atoms with Crippen LogP contribution in [0.2, 0.25) is 0 Å². The first-order valence-electron chi connectivity index (χ1n) is 7.16. The quantitative estimate of drug-likeness (QED) is 0.836. The van der Waals surface area contributed by atoms with Gasteiger partial charge in [0.05, 0.1) is 5.56 Å². The van der Waals surface area contributed by atoms with Crippen molar-refractivity contribution in [2.75, 3.05) is 0 Å². The summed E-state index contributed by atoms with van der Waals surface area (Å²) in [6.07, 6.45) is 2.01. The van der Waals surface area contributed by atoms with Crippen LogP contribution >= 0.6 is 0 Å². The van der Waals surface area contributed by atoms with Crippen LogP contribution in [-0.4, -0.2) is 10.9 Å². The predicted octanol–water partition coefficient (Wildman–Crippen LogP) is 3.87. The molecular formula is C18H16O2. The first kappa shape index (κ1) is 11.7. The van der Waals surface area contributed by atoms with E-state index in [9.17, 15) is 9.90 Å². The molecule has 2 nitrogen and oxygen atoms in total. The Morgan fingerprint density at radius 2 is 1.65 bits per heavy atom. The maximum atomic E-state index is 12.7. The minimum Gasteiger partial charge on any atom is -0.507 e. The first-order valence-corrected chi connectivity index (χ1v) is 7.16. The van der Waals surface area contributed by atoms with E-state index in [1.54, 1.807) is 18.2 Å². The zero-order chi connectivity index (χ0) is 13.7. The van der Waals surface area contributed by atoms with Crippen LogP contribution in [-0.2, 0) is 0 Å². The third-order valence-electron chi connectivity index (χ3n) is 4.90. The van der Waals surface area contributed by atoms with Crippen molar-refractivity contribution in [1.82, 2.24) is 0 Å². The van der Waals surface area contributed by atoms with Crippen molar-refractivity contribution in [3.8, 4) is 5.75 Å². The molecule has 100 valence electrons. The molecule has 1 fully saturated rings. The molecule has 0 saturated heterocycles. The number of hydrogen-bond donors (Lipinski definition) is 1. The standard InChI is InChI=1S/C18H16O2/c19-17-8-4-3-7-14(17)18(20)16-10-11-9-15(16)13-6-2-1-5-12(11)13/h1-8,11,15-16,19H,9-10H2. The van der Waals surface area contributed by atoms with E-state index in [1.165, 1.54) is 11.1 Å². The fourth-order valence-electron chi connectivity index (χ4n) is 4.03. The van der Waals surface area contributed by atoms with Gasteiger partial charge in [-0.3, -0.25) is 4.79 Å².